The maximum absolute atomic E-state index is 14.7. The summed E-state index contributed by atoms with van der Waals surface area (Å²) in [5.74, 6) is 0.155. The fourth-order valence-electron chi connectivity index (χ4n) is 3.83. The van der Waals surface area contributed by atoms with E-state index in [0.29, 0.717) is 51.3 Å². The zero-order valence-corrected chi connectivity index (χ0v) is 19.6. The van der Waals surface area contributed by atoms with Crippen LogP contribution in [0, 0.1) is 11.2 Å². The van der Waals surface area contributed by atoms with Crippen molar-refractivity contribution in [1.82, 2.24) is 9.97 Å². The molecule has 1 atom stereocenters. The minimum atomic E-state index is -0.519. The van der Waals surface area contributed by atoms with E-state index < -0.39 is 11.9 Å². The van der Waals surface area contributed by atoms with E-state index in [2.05, 4.69) is 9.97 Å². The molecule has 1 aliphatic heterocycles. The second kappa shape index (κ2) is 8.78. The summed E-state index contributed by atoms with van der Waals surface area (Å²) in [7, 11) is 0. The van der Waals surface area contributed by atoms with Crippen LogP contribution in [0.25, 0.3) is 0 Å². The minimum Gasteiger partial charge on any atom is -0.486 e. The van der Waals surface area contributed by atoms with Crippen molar-refractivity contribution >= 4 is 40.4 Å². The number of ether oxygens (including phenoxy) is 1. The number of nitrogens with zero attached hydrogens (tertiary/aromatic N) is 3. The summed E-state index contributed by atoms with van der Waals surface area (Å²) in [5, 5.41) is 9.37. The molecule has 0 amide bonds. The van der Waals surface area contributed by atoms with Gasteiger partial charge in [-0.05, 0) is 38.1 Å². The summed E-state index contributed by atoms with van der Waals surface area (Å²) < 4.78 is 20.7. The average Bonchev–Trinajstić information content (AvgIpc) is 2.72. The molecule has 1 fully saturated rings. The Labute approximate surface area is 201 Å². The van der Waals surface area contributed by atoms with Crippen LogP contribution in [0.4, 0.5) is 15.9 Å². The Balaban J connectivity index is 1.56. The van der Waals surface area contributed by atoms with Crippen molar-refractivity contribution in [2.45, 2.75) is 25.5 Å². The van der Waals surface area contributed by atoms with E-state index in [1.807, 2.05) is 6.92 Å². The number of rotatable bonds is 6. The molecule has 33 heavy (non-hydrogen) atoms. The Kier molecular flexibility index (Phi) is 6.18. The van der Waals surface area contributed by atoms with E-state index in [1.54, 1.807) is 30.0 Å². The van der Waals surface area contributed by atoms with Gasteiger partial charge in [0.25, 0.3) is 0 Å². The summed E-state index contributed by atoms with van der Waals surface area (Å²) in [5.41, 5.74) is 13.4. The smallest absolute Gasteiger partial charge is 0.166 e. The molecule has 0 bridgehead atoms. The number of benzene rings is 1. The first-order chi connectivity index (χ1) is 15.6. The van der Waals surface area contributed by atoms with E-state index in [9.17, 15) is 4.39 Å². The Morgan fingerprint density at radius 2 is 1.88 bits per heavy atom. The van der Waals surface area contributed by atoms with Gasteiger partial charge in [0.1, 0.15) is 11.9 Å². The molecule has 1 saturated heterocycles. The van der Waals surface area contributed by atoms with Crippen LogP contribution >= 0.6 is 23.2 Å². The van der Waals surface area contributed by atoms with Crippen LogP contribution in [0.2, 0.25) is 10.0 Å². The first kappa shape index (κ1) is 23.2. The van der Waals surface area contributed by atoms with Crippen molar-refractivity contribution in [1.29, 1.82) is 5.41 Å². The SMILES string of the molecule is C[C@@H](Oc1ccc(N)c(C(=N)c2cnc(N3CC(C)(N)C3)c(F)c2)c1)c1c(Cl)cncc1Cl. The van der Waals surface area contributed by atoms with E-state index in [1.165, 1.54) is 24.7 Å². The highest BCUT2D eigenvalue weighted by atomic mass is 35.5. The molecule has 2 aromatic heterocycles. The number of nitrogens with one attached hydrogen (secondary N) is 1. The molecule has 0 spiro atoms. The first-order valence-corrected chi connectivity index (χ1v) is 10.9. The lowest BCUT2D eigenvalue weighted by atomic mass is 9.93. The first-order valence-electron chi connectivity index (χ1n) is 10.2. The molecular weight excluding hydrogens is 466 g/mol. The minimum absolute atomic E-state index is 0.0239. The summed E-state index contributed by atoms with van der Waals surface area (Å²) in [6.45, 7) is 4.74. The molecule has 3 aromatic rings. The average molecular weight is 489 g/mol. The molecule has 4 rings (SSSR count). The normalized spacial score (nSPS) is 15.6. The fraction of sp³-hybridized carbons (Fsp3) is 0.261. The lowest BCUT2D eigenvalue weighted by molar-refractivity contribution is 0.227. The second-order valence-electron chi connectivity index (χ2n) is 8.44. The van der Waals surface area contributed by atoms with Gasteiger partial charge in [-0.15, -0.1) is 0 Å². The van der Waals surface area contributed by atoms with Crippen molar-refractivity contribution in [3.8, 4) is 5.75 Å². The van der Waals surface area contributed by atoms with Gasteiger partial charge in [0, 0.05) is 59.6 Å². The largest absolute Gasteiger partial charge is 0.486 e. The van der Waals surface area contributed by atoms with Gasteiger partial charge in [0.05, 0.1) is 15.8 Å². The van der Waals surface area contributed by atoms with Gasteiger partial charge in [0.15, 0.2) is 11.6 Å². The van der Waals surface area contributed by atoms with E-state index >= 15 is 0 Å². The zero-order chi connectivity index (χ0) is 23.9. The van der Waals surface area contributed by atoms with E-state index in [4.69, 9.17) is 44.8 Å². The highest BCUT2D eigenvalue weighted by Crippen LogP contribution is 2.34. The summed E-state index contributed by atoms with van der Waals surface area (Å²) in [6, 6.07) is 6.21. The number of nitrogen functional groups attached to an aromatic ring is 1. The quantitative estimate of drug-likeness (QED) is 0.345. The zero-order valence-electron chi connectivity index (χ0n) is 18.1. The topological polar surface area (TPSA) is 114 Å². The number of hydrogen-bond acceptors (Lipinski definition) is 7. The van der Waals surface area contributed by atoms with Crippen LogP contribution in [0.5, 0.6) is 5.75 Å². The lowest BCUT2D eigenvalue weighted by Crippen LogP contribution is -2.66. The van der Waals surface area contributed by atoms with Gasteiger partial charge in [-0.25, -0.2) is 9.37 Å². The van der Waals surface area contributed by atoms with Crippen molar-refractivity contribution in [3.05, 3.63) is 75.4 Å². The number of halogens is 3. The predicted molar refractivity (Wildman–Crippen MR) is 129 cm³/mol. The Morgan fingerprint density at radius 1 is 1.21 bits per heavy atom. The second-order valence-corrected chi connectivity index (χ2v) is 9.25. The Morgan fingerprint density at radius 3 is 2.48 bits per heavy atom. The predicted octanol–water partition coefficient (Wildman–Crippen LogP) is 4.60. The monoisotopic (exact) mass is 488 g/mol. The number of pyridine rings is 2. The number of aromatic nitrogens is 2. The Hall–Kier alpha value is -2.94. The molecule has 3 heterocycles. The van der Waals surface area contributed by atoms with E-state index in [-0.39, 0.29) is 17.1 Å². The highest BCUT2D eigenvalue weighted by molar-refractivity contribution is 6.35. The van der Waals surface area contributed by atoms with Gasteiger partial charge in [0.2, 0.25) is 0 Å². The van der Waals surface area contributed by atoms with Crippen LogP contribution in [0.15, 0.2) is 42.9 Å². The lowest BCUT2D eigenvalue weighted by Gasteiger charge is -2.46. The molecule has 5 N–H and O–H groups in total. The van der Waals surface area contributed by atoms with Crippen LogP contribution in [-0.2, 0) is 0 Å². The molecule has 0 aliphatic carbocycles. The molecule has 1 aromatic carbocycles. The van der Waals surface area contributed by atoms with Crippen LogP contribution in [0.3, 0.4) is 0 Å². The molecule has 1 aliphatic rings. The van der Waals surface area contributed by atoms with Crippen LogP contribution < -0.4 is 21.1 Å². The third-order valence-corrected chi connectivity index (χ3v) is 6.02. The standard InChI is InChI=1S/C23H23Cl2FN6O/c1-12(20-16(24)8-30-9-17(20)25)33-14-3-4-19(27)15(6-14)21(28)13-5-18(26)22(31-7-13)32-10-23(2,29)11-32/h3-9,12,28H,10-11,27,29H2,1-2H3/t12-/m1/s1. The van der Waals surface area contributed by atoms with Gasteiger partial charge in [-0.2, -0.15) is 0 Å². The molecule has 0 saturated carbocycles. The highest BCUT2D eigenvalue weighted by Gasteiger charge is 2.37. The van der Waals surface area contributed by atoms with Crippen LogP contribution in [-0.4, -0.2) is 34.3 Å². The molecule has 7 nitrogen and oxygen atoms in total. The van der Waals surface area contributed by atoms with Crippen molar-refractivity contribution < 1.29 is 9.13 Å². The third kappa shape index (κ3) is 4.73. The maximum Gasteiger partial charge on any atom is 0.166 e. The number of nitrogens with two attached hydrogens (primary N) is 2. The molecule has 172 valence electrons. The number of hydrogen-bond donors (Lipinski definition) is 3. The van der Waals surface area contributed by atoms with Crippen molar-refractivity contribution in [2.24, 2.45) is 5.73 Å². The summed E-state index contributed by atoms with van der Waals surface area (Å²) in [4.78, 5) is 9.93. The van der Waals surface area contributed by atoms with Crippen molar-refractivity contribution in [3.63, 3.8) is 0 Å². The van der Waals surface area contributed by atoms with Gasteiger partial charge in [-0.3, -0.25) is 10.4 Å². The molecular formula is C23H23Cl2FN6O. The Bertz CT molecular complexity index is 1210. The third-order valence-electron chi connectivity index (χ3n) is 5.42. The maximum atomic E-state index is 14.7. The molecule has 0 unspecified atom stereocenters. The van der Waals surface area contributed by atoms with Gasteiger partial charge >= 0.3 is 0 Å². The molecule has 0 radical (unpaired) electrons. The van der Waals surface area contributed by atoms with Crippen LogP contribution in [0.1, 0.15) is 36.6 Å². The fourth-order valence-corrected chi connectivity index (χ4v) is 4.50. The molecule has 10 heteroatoms. The summed E-state index contributed by atoms with van der Waals surface area (Å²) in [6.07, 6.45) is 3.96. The van der Waals surface area contributed by atoms with Gasteiger partial charge in [-0.1, -0.05) is 23.2 Å². The van der Waals surface area contributed by atoms with Crippen molar-refractivity contribution in [2.75, 3.05) is 23.7 Å². The van der Waals surface area contributed by atoms with Gasteiger partial charge < -0.3 is 21.1 Å². The van der Waals surface area contributed by atoms with E-state index in [0.717, 1.165) is 0 Å². The summed E-state index contributed by atoms with van der Waals surface area (Å²) >= 11 is 12.4. The number of anilines is 2.